The summed E-state index contributed by atoms with van der Waals surface area (Å²) in [5.41, 5.74) is -4.50. The molecule has 41 heavy (non-hydrogen) atoms. The molecule has 2 heterocycles. The lowest BCUT2D eigenvalue weighted by Gasteiger charge is -2.27. The number of thioether (sulfide) groups is 1. The van der Waals surface area contributed by atoms with Crippen molar-refractivity contribution in [2.24, 2.45) is 0 Å². The topological polar surface area (TPSA) is 106 Å². The molecule has 1 aromatic carbocycles. The highest BCUT2D eigenvalue weighted by Gasteiger charge is 2.51. The number of carbonyl (C=O) groups excluding carboxylic acids is 2. The van der Waals surface area contributed by atoms with Crippen LogP contribution in [0.2, 0.25) is 0 Å². The highest BCUT2D eigenvalue weighted by molar-refractivity contribution is 8.00. The second kappa shape index (κ2) is 13.4. The first-order valence-electron chi connectivity index (χ1n) is 12.0. The van der Waals surface area contributed by atoms with Gasteiger partial charge in [0.05, 0.1) is 5.69 Å². The van der Waals surface area contributed by atoms with E-state index in [0.29, 0.717) is 5.82 Å². The zero-order valence-electron chi connectivity index (χ0n) is 22.5. The van der Waals surface area contributed by atoms with Gasteiger partial charge in [-0.1, -0.05) is 0 Å². The molecule has 1 aliphatic heterocycles. The molecule has 0 saturated carbocycles. The second-order valence-electron chi connectivity index (χ2n) is 9.55. The third-order valence-corrected chi connectivity index (χ3v) is 6.39. The number of amides is 3. The third kappa shape index (κ3) is 9.81. The number of aromatic nitrogens is 1. The summed E-state index contributed by atoms with van der Waals surface area (Å²) in [5, 5.41) is 10.4. The predicted molar refractivity (Wildman–Crippen MR) is 140 cm³/mol. The van der Waals surface area contributed by atoms with Gasteiger partial charge in [-0.2, -0.15) is 26.3 Å². The molecule has 1 aromatic heterocycles. The number of anilines is 2. The average Bonchev–Trinajstić information content (AvgIpc) is 3.01. The standard InChI is InChI=1S/C23H28F3N5O2S.C2HF3O2/c1-22(2)20(32)31(17-6-8-18(9-7-17)34-23(24,25)26)21(33)30(22)15-16-10-12-28-19(14-16)27-11-5-13-29(3)4;3-2(4,5)1(6)7/h6-10,12,14H,5,11,13,15H2,1-4H3,(H,27,28);(H,6,7). The fraction of sp³-hybridized carbons (Fsp3) is 0.440. The summed E-state index contributed by atoms with van der Waals surface area (Å²) in [6.07, 6.45) is -2.49. The summed E-state index contributed by atoms with van der Waals surface area (Å²) in [4.78, 5) is 44.1. The molecule has 0 atom stereocenters. The molecule has 0 radical (unpaired) electrons. The maximum atomic E-state index is 13.2. The van der Waals surface area contributed by atoms with E-state index in [4.69, 9.17) is 9.90 Å². The Morgan fingerprint density at radius 3 is 2.17 bits per heavy atom. The van der Waals surface area contributed by atoms with Crippen molar-refractivity contribution >= 4 is 41.2 Å². The first kappa shape index (κ1) is 33.7. The summed E-state index contributed by atoms with van der Waals surface area (Å²) in [6.45, 7) is 5.19. The number of imide groups is 1. The minimum atomic E-state index is -5.08. The Morgan fingerprint density at radius 2 is 1.66 bits per heavy atom. The highest BCUT2D eigenvalue weighted by atomic mass is 32.2. The average molecular weight is 610 g/mol. The van der Waals surface area contributed by atoms with E-state index in [-0.39, 0.29) is 28.9 Å². The Bertz CT molecular complexity index is 1220. The van der Waals surface area contributed by atoms with Gasteiger partial charge in [0, 0.05) is 24.2 Å². The number of nitrogens with zero attached hydrogens (tertiary/aromatic N) is 4. The zero-order valence-corrected chi connectivity index (χ0v) is 23.3. The van der Waals surface area contributed by atoms with Crippen LogP contribution >= 0.6 is 11.8 Å². The van der Waals surface area contributed by atoms with Crippen molar-refractivity contribution in [2.45, 2.75) is 48.9 Å². The Labute approximate surface area is 236 Å². The van der Waals surface area contributed by atoms with Crippen molar-refractivity contribution in [1.82, 2.24) is 14.8 Å². The molecule has 0 aliphatic carbocycles. The summed E-state index contributed by atoms with van der Waals surface area (Å²) >= 11 is -0.248. The molecule has 0 bridgehead atoms. The van der Waals surface area contributed by atoms with Gasteiger partial charge < -0.3 is 20.2 Å². The van der Waals surface area contributed by atoms with Crippen molar-refractivity contribution in [3.8, 4) is 0 Å². The van der Waals surface area contributed by atoms with Crippen LogP contribution < -0.4 is 10.2 Å². The van der Waals surface area contributed by atoms with Gasteiger partial charge in [0.1, 0.15) is 11.4 Å². The van der Waals surface area contributed by atoms with Gasteiger partial charge >= 0.3 is 23.7 Å². The van der Waals surface area contributed by atoms with Crippen LogP contribution in [0.1, 0.15) is 25.8 Å². The molecule has 9 nitrogen and oxygen atoms in total. The minimum absolute atomic E-state index is 0.0196. The molecule has 2 N–H and O–H groups in total. The number of alkyl halides is 6. The number of rotatable bonds is 9. The van der Waals surface area contributed by atoms with E-state index in [1.165, 1.54) is 29.2 Å². The number of aliphatic carboxylic acids is 1. The Hall–Kier alpha value is -3.53. The lowest BCUT2D eigenvalue weighted by molar-refractivity contribution is -0.192. The quantitative estimate of drug-likeness (QED) is 0.168. The number of carbonyl (C=O) groups is 3. The summed E-state index contributed by atoms with van der Waals surface area (Å²) in [5.74, 6) is -2.51. The largest absolute Gasteiger partial charge is 0.490 e. The molecule has 1 aliphatic rings. The number of hydrogen-bond acceptors (Lipinski definition) is 7. The molecular weight excluding hydrogens is 580 g/mol. The first-order valence-corrected chi connectivity index (χ1v) is 12.8. The minimum Gasteiger partial charge on any atom is -0.475 e. The van der Waals surface area contributed by atoms with Crippen LogP contribution in [0.25, 0.3) is 0 Å². The molecule has 0 spiro atoms. The van der Waals surface area contributed by atoms with E-state index >= 15 is 0 Å². The van der Waals surface area contributed by atoms with Crippen LogP contribution in [0.15, 0.2) is 47.5 Å². The maximum absolute atomic E-state index is 13.2. The Morgan fingerprint density at radius 1 is 1.07 bits per heavy atom. The number of halogens is 6. The molecule has 16 heteroatoms. The van der Waals surface area contributed by atoms with Crippen LogP contribution in [-0.4, -0.2) is 82.2 Å². The van der Waals surface area contributed by atoms with Gasteiger partial charge in [-0.25, -0.2) is 19.5 Å². The number of carboxylic acids is 1. The number of carboxylic acid groups (broad SMARTS) is 1. The van der Waals surface area contributed by atoms with E-state index < -0.39 is 35.1 Å². The Kier molecular flexibility index (Phi) is 11.0. The smallest absolute Gasteiger partial charge is 0.475 e. The van der Waals surface area contributed by atoms with Crippen molar-refractivity contribution < 1.29 is 45.8 Å². The SMILES string of the molecule is CN(C)CCCNc1cc(CN2C(=O)N(c3ccc(SC(F)(F)F)cc3)C(=O)C2(C)C)ccn1.O=C(O)C(F)(F)F. The number of benzene rings is 1. The first-order chi connectivity index (χ1) is 18.8. The number of hydrogen-bond donors (Lipinski definition) is 2. The molecule has 3 amide bonds. The molecule has 226 valence electrons. The van der Waals surface area contributed by atoms with Gasteiger partial charge in [0.15, 0.2) is 0 Å². The van der Waals surface area contributed by atoms with Gasteiger partial charge in [-0.05, 0) is 94.6 Å². The van der Waals surface area contributed by atoms with Crippen LogP contribution in [0.3, 0.4) is 0 Å². The molecule has 3 rings (SSSR count). The number of pyridine rings is 1. The van der Waals surface area contributed by atoms with Gasteiger partial charge in [0.25, 0.3) is 5.91 Å². The summed E-state index contributed by atoms with van der Waals surface area (Å²) < 4.78 is 69.5. The van der Waals surface area contributed by atoms with E-state index in [1.54, 1.807) is 26.1 Å². The van der Waals surface area contributed by atoms with Gasteiger partial charge in [0.2, 0.25) is 0 Å². The molecule has 1 saturated heterocycles. The van der Waals surface area contributed by atoms with E-state index in [9.17, 15) is 35.9 Å². The summed E-state index contributed by atoms with van der Waals surface area (Å²) in [7, 11) is 4.02. The molecule has 1 fully saturated rings. The second-order valence-corrected chi connectivity index (χ2v) is 10.7. The lowest BCUT2D eigenvalue weighted by Crippen LogP contribution is -2.43. The maximum Gasteiger partial charge on any atom is 0.490 e. The summed E-state index contributed by atoms with van der Waals surface area (Å²) in [6, 6.07) is 8.31. The predicted octanol–water partition coefficient (Wildman–Crippen LogP) is 5.44. The highest BCUT2D eigenvalue weighted by Crippen LogP contribution is 2.39. The van der Waals surface area contributed by atoms with Crippen LogP contribution in [0, 0.1) is 0 Å². The van der Waals surface area contributed by atoms with E-state index in [1.807, 2.05) is 20.2 Å². The van der Waals surface area contributed by atoms with Crippen molar-refractivity contribution in [3.63, 3.8) is 0 Å². The molecular formula is C25H29F6N5O4S. The van der Waals surface area contributed by atoms with Crippen LogP contribution in [0.4, 0.5) is 42.6 Å². The van der Waals surface area contributed by atoms with Crippen LogP contribution in [-0.2, 0) is 16.1 Å². The van der Waals surface area contributed by atoms with Crippen LogP contribution in [0.5, 0.6) is 0 Å². The third-order valence-electron chi connectivity index (χ3n) is 5.65. The fourth-order valence-corrected chi connectivity index (χ4v) is 4.13. The monoisotopic (exact) mass is 609 g/mol. The zero-order chi connectivity index (χ0) is 31.2. The number of urea groups is 1. The van der Waals surface area contributed by atoms with Gasteiger partial charge in [-0.3, -0.25) is 4.79 Å². The number of nitrogens with one attached hydrogen (secondary N) is 1. The lowest BCUT2D eigenvalue weighted by atomic mass is 10.0. The van der Waals surface area contributed by atoms with Gasteiger partial charge in [-0.15, -0.1) is 0 Å². The molecule has 0 unspecified atom stereocenters. The fourth-order valence-electron chi connectivity index (χ4n) is 3.59. The normalized spacial score (nSPS) is 15.2. The Balaban J connectivity index is 0.000000745. The molecule has 2 aromatic rings. The van der Waals surface area contributed by atoms with E-state index in [0.717, 1.165) is 30.0 Å². The van der Waals surface area contributed by atoms with E-state index in [2.05, 4.69) is 15.2 Å². The van der Waals surface area contributed by atoms with Crippen molar-refractivity contribution in [3.05, 3.63) is 48.2 Å². The van der Waals surface area contributed by atoms with Crippen molar-refractivity contribution in [2.75, 3.05) is 37.4 Å². The van der Waals surface area contributed by atoms with Crippen molar-refractivity contribution in [1.29, 1.82) is 0 Å².